The van der Waals surface area contributed by atoms with Gasteiger partial charge in [-0.2, -0.15) is 0 Å². The van der Waals surface area contributed by atoms with Gasteiger partial charge in [0.25, 0.3) is 0 Å². The van der Waals surface area contributed by atoms with E-state index >= 15 is 0 Å². The van der Waals surface area contributed by atoms with Crippen LogP contribution in [0.5, 0.6) is 11.5 Å². The second-order valence-electron chi connectivity index (χ2n) is 7.39. The molecule has 0 saturated carbocycles. The van der Waals surface area contributed by atoms with E-state index < -0.39 is 0 Å². The maximum Gasteiger partial charge on any atom is 0.223 e. The van der Waals surface area contributed by atoms with Crippen LogP contribution in [0.3, 0.4) is 0 Å². The Bertz CT molecular complexity index is 1020. The van der Waals surface area contributed by atoms with Crippen molar-refractivity contribution in [3.63, 3.8) is 0 Å². The number of hydrogen-bond acceptors (Lipinski definition) is 3. The predicted octanol–water partition coefficient (Wildman–Crippen LogP) is 4.98. The van der Waals surface area contributed by atoms with Gasteiger partial charge < -0.3 is 19.4 Å². The average molecular weight is 413 g/mol. The molecule has 1 aromatic heterocycles. The lowest BCUT2D eigenvalue weighted by Gasteiger charge is -2.22. The first kappa shape index (κ1) is 19.6. The largest absolute Gasteiger partial charge is 0.493 e. The van der Waals surface area contributed by atoms with Crippen molar-refractivity contribution in [2.24, 2.45) is 0 Å². The lowest BCUT2D eigenvalue weighted by atomic mass is 9.87. The Labute approximate surface area is 175 Å². The Balaban J connectivity index is 1.78. The molecule has 2 heterocycles. The molecule has 3 aromatic rings. The number of carbonyl (C=O) groups is 1. The second-order valence-corrected chi connectivity index (χ2v) is 7.83. The minimum Gasteiger partial charge on any atom is -0.493 e. The number of benzene rings is 2. The van der Waals surface area contributed by atoms with Crippen LogP contribution in [-0.2, 0) is 4.79 Å². The zero-order valence-electron chi connectivity index (χ0n) is 16.7. The number of hydrogen-bond donors (Lipinski definition) is 1. The Morgan fingerprint density at radius 3 is 2.59 bits per heavy atom. The third-order valence-electron chi connectivity index (χ3n) is 5.70. The summed E-state index contributed by atoms with van der Waals surface area (Å²) in [5.74, 6) is 1.39. The minimum absolute atomic E-state index is 0.116. The fourth-order valence-electron chi connectivity index (χ4n) is 4.15. The lowest BCUT2D eigenvalue weighted by molar-refractivity contribution is -0.130. The van der Waals surface area contributed by atoms with Crippen LogP contribution < -0.4 is 9.47 Å². The van der Waals surface area contributed by atoms with Crippen LogP contribution >= 0.6 is 11.6 Å². The van der Waals surface area contributed by atoms with Crippen molar-refractivity contribution in [2.75, 3.05) is 27.3 Å². The highest BCUT2D eigenvalue weighted by Gasteiger charge is 2.26. The Morgan fingerprint density at radius 2 is 1.86 bits per heavy atom. The number of aromatic amines is 1. The molecule has 1 saturated heterocycles. The first-order chi connectivity index (χ1) is 14.1. The number of halogens is 1. The van der Waals surface area contributed by atoms with Gasteiger partial charge in [0.1, 0.15) is 0 Å². The Morgan fingerprint density at radius 1 is 1.10 bits per heavy atom. The molecule has 1 N–H and O–H groups in total. The normalized spacial score (nSPS) is 14.9. The van der Waals surface area contributed by atoms with Crippen molar-refractivity contribution < 1.29 is 14.3 Å². The van der Waals surface area contributed by atoms with Gasteiger partial charge in [0.05, 0.1) is 14.2 Å². The number of carbonyl (C=O) groups excluding carboxylic acids is 1. The van der Waals surface area contributed by atoms with Gasteiger partial charge in [0, 0.05) is 47.6 Å². The number of nitrogens with one attached hydrogen (secondary N) is 1. The molecule has 1 aliphatic rings. The summed E-state index contributed by atoms with van der Waals surface area (Å²) in [5.41, 5.74) is 3.07. The monoisotopic (exact) mass is 412 g/mol. The van der Waals surface area contributed by atoms with Crippen LogP contribution in [0.1, 0.15) is 36.3 Å². The molecule has 5 nitrogen and oxygen atoms in total. The van der Waals surface area contributed by atoms with Gasteiger partial charge >= 0.3 is 0 Å². The molecule has 0 spiro atoms. The summed E-state index contributed by atoms with van der Waals surface area (Å²) >= 11 is 6.27. The molecule has 1 unspecified atom stereocenters. The number of amides is 1. The Hall–Kier alpha value is -2.66. The first-order valence-electron chi connectivity index (χ1n) is 9.87. The summed E-state index contributed by atoms with van der Waals surface area (Å²) in [4.78, 5) is 18.3. The van der Waals surface area contributed by atoms with Gasteiger partial charge in [-0.15, -0.1) is 0 Å². The molecular weight excluding hydrogens is 388 g/mol. The zero-order valence-corrected chi connectivity index (χ0v) is 17.5. The molecular formula is C23H25ClN2O3. The van der Waals surface area contributed by atoms with Crippen LogP contribution in [0.15, 0.2) is 42.6 Å². The fraction of sp³-hybridized carbons (Fsp3) is 0.348. The van der Waals surface area contributed by atoms with Crippen molar-refractivity contribution in [3.05, 3.63) is 58.7 Å². The molecule has 1 fully saturated rings. The molecule has 2 aromatic carbocycles. The highest BCUT2D eigenvalue weighted by Crippen LogP contribution is 2.38. The number of likely N-dealkylation sites (tertiary alicyclic amines) is 1. The summed E-state index contributed by atoms with van der Waals surface area (Å²) in [6, 6.07) is 11.6. The standard InChI is InChI=1S/C23H25ClN2O3/c1-28-21-8-5-15(11-22(21)29-2)17(13-23(27)26-9-3-4-10-26)19-14-25-20-7-6-16(24)12-18(19)20/h5-8,11-12,14,17,25H,3-4,9-10,13H2,1-2H3. The van der Waals surface area contributed by atoms with Crippen LogP contribution in [0, 0.1) is 0 Å². The maximum atomic E-state index is 13.0. The van der Waals surface area contributed by atoms with E-state index in [1.807, 2.05) is 47.5 Å². The van der Waals surface area contributed by atoms with Gasteiger partial charge in [-0.25, -0.2) is 0 Å². The molecule has 4 rings (SSSR count). The minimum atomic E-state index is -0.116. The smallest absolute Gasteiger partial charge is 0.223 e. The SMILES string of the molecule is COc1ccc(C(CC(=O)N2CCCC2)c2c[nH]c3ccc(Cl)cc23)cc1OC. The first-order valence-corrected chi connectivity index (χ1v) is 10.2. The zero-order chi connectivity index (χ0) is 20.4. The van der Waals surface area contributed by atoms with Crippen molar-refractivity contribution in [3.8, 4) is 11.5 Å². The topological polar surface area (TPSA) is 54.6 Å². The van der Waals surface area contributed by atoms with Crippen LogP contribution in [0.25, 0.3) is 10.9 Å². The molecule has 0 radical (unpaired) electrons. The molecule has 1 aliphatic heterocycles. The number of nitrogens with zero attached hydrogens (tertiary/aromatic N) is 1. The van der Waals surface area contributed by atoms with Crippen LogP contribution in [0.2, 0.25) is 5.02 Å². The highest BCUT2D eigenvalue weighted by atomic mass is 35.5. The van der Waals surface area contributed by atoms with Gasteiger partial charge in [0.15, 0.2) is 11.5 Å². The molecule has 1 atom stereocenters. The number of methoxy groups -OCH3 is 2. The summed E-state index contributed by atoms with van der Waals surface area (Å²) in [6.45, 7) is 1.69. The molecule has 0 bridgehead atoms. The van der Waals surface area contributed by atoms with Crippen LogP contribution in [0.4, 0.5) is 0 Å². The van der Waals surface area contributed by atoms with E-state index in [1.54, 1.807) is 14.2 Å². The lowest BCUT2D eigenvalue weighted by Crippen LogP contribution is -2.29. The summed E-state index contributed by atoms with van der Waals surface area (Å²) < 4.78 is 10.9. The van der Waals surface area contributed by atoms with Gasteiger partial charge in [-0.05, 0) is 54.3 Å². The van der Waals surface area contributed by atoms with E-state index in [-0.39, 0.29) is 11.8 Å². The van der Waals surface area contributed by atoms with E-state index in [0.29, 0.717) is 22.9 Å². The summed E-state index contributed by atoms with van der Waals surface area (Å²) in [5, 5.41) is 1.71. The van der Waals surface area contributed by atoms with Gasteiger partial charge in [-0.1, -0.05) is 17.7 Å². The quantitative estimate of drug-likeness (QED) is 0.621. The number of rotatable bonds is 6. The van der Waals surface area contributed by atoms with E-state index in [9.17, 15) is 4.79 Å². The molecule has 6 heteroatoms. The number of fused-ring (bicyclic) bond motifs is 1. The van der Waals surface area contributed by atoms with E-state index in [0.717, 1.165) is 48.0 Å². The number of ether oxygens (including phenoxy) is 2. The average Bonchev–Trinajstić information content (AvgIpc) is 3.41. The molecule has 152 valence electrons. The maximum absolute atomic E-state index is 13.0. The molecule has 29 heavy (non-hydrogen) atoms. The summed E-state index contributed by atoms with van der Waals surface area (Å²) in [6.07, 6.45) is 4.54. The van der Waals surface area contributed by atoms with Gasteiger partial charge in [-0.3, -0.25) is 4.79 Å². The molecule has 1 amide bonds. The van der Waals surface area contributed by atoms with Crippen LogP contribution in [-0.4, -0.2) is 43.1 Å². The van der Waals surface area contributed by atoms with Crippen molar-refractivity contribution in [1.29, 1.82) is 0 Å². The van der Waals surface area contributed by atoms with Gasteiger partial charge in [0.2, 0.25) is 5.91 Å². The van der Waals surface area contributed by atoms with E-state index in [2.05, 4.69) is 4.98 Å². The van der Waals surface area contributed by atoms with E-state index in [1.165, 1.54) is 0 Å². The predicted molar refractivity (Wildman–Crippen MR) is 115 cm³/mol. The van der Waals surface area contributed by atoms with Crippen molar-refractivity contribution in [2.45, 2.75) is 25.2 Å². The van der Waals surface area contributed by atoms with Crippen molar-refractivity contribution in [1.82, 2.24) is 9.88 Å². The third-order valence-corrected chi connectivity index (χ3v) is 5.93. The van der Waals surface area contributed by atoms with Crippen molar-refractivity contribution >= 4 is 28.4 Å². The number of H-pyrrole nitrogens is 1. The molecule has 0 aliphatic carbocycles. The van der Waals surface area contributed by atoms with E-state index in [4.69, 9.17) is 21.1 Å². The summed E-state index contributed by atoms with van der Waals surface area (Å²) in [7, 11) is 3.24. The third kappa shape index (κ3) is 3.92. The number of aromatic nitrogens is 1. The fourth-order valence-corrected chi connectivity index (χ4v) is 4.32. The second kappa shape index (κ2) is 8.37. The Kier molecular flexibility index (Phi) is 5.67. The highest BCUT2D eigenvalue weighted by molar-refractivity contribution is 6.31.